The minimum Gasteiger partial charge on any atom is -0.388 e. The number of aliphatic imine (C=N–C) groups is 1. The maximum atomic E-state index is 13.4. The topological polar surface area (TPSA) is 69.1 Å². The molecule has 2 saturated heterocycles. The molecular formula is C21H33F2IN4O2. The highest BCUT2D eigenvalue weighted by Gasteiger charge is 2.30. The van der Waals surface area contributed by atoms with Crippen LogP contribution in [-0.4, -0.2) is 67.0 Å². The van der Waals surface area contributed by atoms with Crippen molar-refractivity contribution in [1.29, 1.82) is 0 Å². The summed E-state index contributed by atoms with van der Waals surface area (Å²) in [5, 5.41) is 17.3. The highest BCUT2D eigenvalue weighted by molar-refractivity contribution is 14.0. The van der Waals surface area contributed by atoms with Gasteiger partial charge in [0.1, 0.15) is 0 Å². The van der Waals surface area contributed by atoms with Crippen molar-refractivity contribution in [3.8, 4) is 0 Å². The Morgan fingerprint density at radius 3 is 2.57 bits per heavy atom. The summed E-state index contributed by atoms with van der Waals surface area (Å²) in [5.74, 6) is -0.875. The third kappa shape index (κ3) is 7.58. The average Bonchev–Trinajstić information content (AvgIpc) is 2.71. The molecule has 9 heteroatoms. The number of rotatable bonds is 6. The van der Waals surface area contributed by atoms with Crippen LogP contribution in [0, 0.1) is 11.6 Å². The van der Waals surface area contributed by atoms with E-state index in [9.17, 15) is 13.9 Å². The molecule has 1 aromatic carbocycles. The molecule has 170 valence electrons. The molecule has 30 heavy (non-hydrogen) atoms. The number of hydrogen-bond donors (Lipinski definition) is 3. The standard InChI is InChI=1S/C21H32F2N4O2.HI/c1-2-24-20(25-15-21(28)7-11-29-12-8-21)26-17-5-9-27(10-6-17)14-16-3-4-18(22)19(23)13-16;/h3-4,13,17,28H,2,5-12,14-15H2,1H3,(H2,24,25,26);1H. The lowest BCUT2D eigenvalue weighted by atomic mass is 9.95. The van der Waals surface area contributed by atoms with Crippen molar-refractivity contribution in [2.45, 2.75) is 50.8 Å². The molecule has 6 nitrogen and oxygen atoms in total. The third-order valence-electron chi connectivity index (χ3n) is 5.62. The summed E-state index contributed by atoms with van der Waals surface area (Å²) in [4.78, 5) is 6.86. The second-order valence-electron chi connectivity index (χ2n) is 7.98. The first-order chi connectivity index (χ1) is 14.0. The lowest BCUT2D eigenvalue weighted by Crippen LogP contribution is -2.49. The van der Waals surface area contributed by atoms with E-state index in [4.69, 9.17) is 4.74 Å². The number of hydrogen-bond acceptors (Lipinski definition) is 4. The molecule has 0 unspecified atom stereocenters. The van der Waals surface area contributed by atoms with E-state index in [2.05, 4.69) is 20.5 Å². The van der Waals surface area contributed by atoms with Gasteiger partial charge in [0.15, 0.2) is 17.6 Å². The first-order valence-electron chi connectivity index (χ1n) is 10.5. The molecule has 3 N–H and O–H groups in total. The van der Waals surface area contributed by atoms with Crippen molar-refractivity contribution in [1.82, 2.24) is 15.5 Å². The van der Waals surface area contributed by atoms with E-state index in [0.717, 1.165) is 44.0 Å². The molecule has 0 radical (unpaired) electrons. The summed E-state index contributed by atoms with van der Waals surface area (Å²) in [6.45, 7) is 6.65. The number of benzene rings is 1. The summed E-state index contributed by atoms with van der Waals surface area (Å²) in [7, 11) is 0. The number of nitrogens with one attached hydrogen (secondary N) is 2. The van der Waals surface area contributed by atoms with Gasteiger partial charge in [0.2, 0.25) is 0 Å². The lowest BCUT2D eigenvalue weighted by molar-refractivity contribution is -0.0566. The van der Waals surface area contributed by atoms with Gasteiger partial charge in [-0.05, 0) is 37.5 Å². The quantitative estimate of drug-likeness (QED) is 0.295. The number of nitrogens with zero attached hydrogens (tertiary/aromatic N) is 2. The van der Waals surface area contributed by atoms with E-state index >= 15 is 0 Å². The summed E-state index contributed by atoms with van der Waals surface area (Å²) >= 11 is 0. The first kappa shape index (κ1) is 25.2. The Balaban J connectivity index is 0.00000320. The fraction of sp³-hybridized carbons (Fsp3) is 0.667. The summed E-state index contributed by atoms with van der Waals surface area (Å²) in [5.41, 5.74) is 0.00362. The van der Waals surface area contributed by atoms with Crippen LogP contribution in [0.3, 0.4) is 0 Å². The van der Waals surface area contributed by atoms with Crippen LogP contribution in [0.5, 0.6) is 0 Å². The second kappa shape index (κ2) is 12.1. The van der Waals surface area contributed by atoms with E-state index < -0.39 is 17.2 Å². The van der Waals surface area contributed by atoms with Crippen molar-refractivity contribution in [3.05, 3.63) is 35.4 Å². The molecule has 2 aliphatic rings. The van der Waals surface area contributed by atoms with Crippen LogP contribution < -0.4 is 10.6 Å². The zero-order chi connectivity index (χ0) is 20.7. The van der Waals surface area contributed by atoms with Crippen LogP contribution in [0.25, 0.3) is 0 Å². The molecule has 2 aliphatic heterocycles. The van der Waals surface area contributed by atoms with Crippen molar-refractivity contribution in [3.63, 3.8) is 0 Å². The van der Waals surface area contributed by atoms with Gasteiger partial charge in [-0.3, -0.25) is 9.89 Å². The van der Waals surface area contributed by atoms with E-state index in [-0.39, 0.29) is 24.0 Å². The minimum atomic E-state index is -0.808. The van der Waals surface area contributed by atoms with E-state index in [1.54, 1.807) is 6.07 Å². The van der Waals surface area contributed by atoms with Crippen LogP contribution in [0.1, 0.15) is 38.2 Å². The Morgan fingerprint density at radius 2 is 1.93 bits per heavy atom. The SMILES string of the molecule is CCNC(=NCC1(O)CCOCC1)NC1CCN(Cc2ccc(F)c(F)c2)CC1.I. The molecule has 0 atom stereocenters. The van der Waals surface area contributed by atoms with Gasteiger partial charge in [0, 0.05) is 58.3 Å². The molecule has 0 amide bonds. The minimum absolute atomic E-state index is 0. The van der Waals surface area contributed by atoms with E-state index in [0.29, 0.717) is 45.2 Å². The van der Waals surface area contributed by atoms with Crippen LogP contribution in [0.2, 0.25) is 0 Å². The normalized spacial score (nSPS) is 20.5. The van der Waals surface area contributed by atoms with Crippen molar-refractivity contribution in [2.75, 3.05) is 39.4 Å². The molecule has 0 saturated carbocycles. The molecule has 0 aromatic heterocycles. The number of guanidine groups is 1. The molecule has 2 heterocycles. The Bertz CT molecular complexity index is 694. The fourth-order valence-corrected chi connectivity index (χ4v) is 3.78. The number of ether oxygens (including phenoxy) is 1. The van der Waals surface area contributed by atoms with Crippen LogP contribution in [0.4, 0.5) is 8.78 Å². The predicted molar refractivity (Wildman–Crippen MR) is 124 cm³/mol. The molecule has 2 fully saturated rings. The van der Waals surface area contributed by atoms with Gasteiger partial charge < -0.3 is 20.5 Å². The Hall–Kier alpha value is -1.04. The zero-order valence-corrected chi connectivity index (χ0v) is 19.8. The number of aliphatic hydroxyl groups is 1. The Morgan fingerprint density at radius 1 is 1.23 bits per heavy atom. The highest BCUT2D eigenvalue weighted by Crippen LogP contribution is 2.21. The maximum absolute atomic E-state index is 13.4. The Kier molecular flexibility index (Phi) is 10.2. The second-order valence-corrected chi connectivity index (χ2v) is 7.98. The molecule has 3 rings (SSSR count). The molecular weight excluding hydrogens is 505 g/mol. The van der Waals surface area contributed by atoms with Crippen molar-refractivity contribution >= 4 is 29.9 Å². The maximum Gasteiger partial charge on any atom is 0.191 e. The van der Waals surface area contributed by atoms with E-state index in [1.165, 1.54) is 12.1 Å². The number of piperidine rings is 1. The molecule has 0 bridgehead atoms. The fourth-order valence-electron chi connectivity index (χ4n) is 3.78. The largest absolute Gasteiger partial charge is 0.388 e. The number of halogens is 3. The zero-order valence-electron chi connectivity index (χ0n) is 17.5. The lowest BCUT2D eigenvalue weighted by Gasteiger charge is -2.34. The van der Waals surface area contributed by atoms with Crippen LogP contribution in [0.15, 0.2) is 23.2 Å². The molecule has 1 aromatic rings. The first-order valence-corrected chi connectivity index (χ1v) is 10.5. The van der Waals surface area contributed by atoms with E-state index in [1.807, 2.05) is 6.92 Å². The smallest absolute Gasteiger partial charge is 0.191 e. The molecule has 0 aliphatic carbocycles. The van der Waals surface area contributed by atoms with Gasteiger partial charge in [0.25, 0.3) is 0 Å². The summed E-state index contributed by atoms with van der Waals surface area (Å²) < 4.78 is 31.8. The summed E-state index contributed by atoms with van der Waals surface area (Å²) in [6, 6.07) is 4.39. The number of likely N-dealkylation sites (tertiary alicyclic amines) is 1. The van der Waals surface area contributed by atoms with Gasteiger partial charge >= 0.3 is 0 Å². The van der Waals surface area contributed by atoms with Gasteiger partial charge in [-0.15, -0.1) is 24.0 Å². The van der Waals surface area contributed by atoms with Crippen molar-refractivity contribution in [2.24, 2.45) is 4.99 Å². The van der Waals surface area contributed by atoms with Crippen LogP contribution >= 0.6 is 24.0 Å². The highest BCUT2D eigenvalue weighted by atomic mass is 127. The summed E-state index contributed by atoms with van der Waals surface area (Å²) in [6.07, 6.45) is 3.09. The van der Waals surface area contributed by atoms with Crippen molar-refractivity contribution < 1.29 is 18.6 Å². The Labute approximate surface area is 194 Å². The van der Waals surface area contributed by atoms with Gasteiger partial charge in [-0.25, -0.2) is 8.78 Å². The average molecular weight is 538 g/mol. The third-order valence-corrected chi connectivity index (χ3v) is 5.62. The monoisotopic (exact) mass is 538 g/mol. The van der Waals surface area contributed by atoms with Gasteiger partial charge in [-0.2, -0.15) is 0 Å². The predicted octanol–water partition coefficient (Wildman–Crippen LogP) is 2.64. The van der Waals surface area contributed by atoms with Gasteiger partial charge in [0.05, 0.1) is 12.1 Å². The van der Waals surface area contributed by atoms with Crippen LogP contribution in [-0.2, 0) is 11.3 Å². The van der Waals surface area contributed by atoms with Gasteiger partial charge in [-0.1, -0.05) is 6.07 Å². The molecule has 0 spiro atoms.